The van der Waals surface area contributed by atoms with Gasteiger partial charge in [-0.1, -0.05) is 11.6 Å². The normalized spacial score (nSPS) is 10.4. The number of amides is 1. The summed E-state index contributed by atoms with van der Waals surface area (Å²) in [7, 11) is 0. The second-order valence-electron chi connectivity index (χ2n) is 4.24. The minimum Gasteiger partial charge on any atom is -0.506 e. The summed E-state index contributed by atoms with van der Waals surface area (Å²) in [6, 6.07) is 4.94. The molecule has 0 aliphatic carbocycles. The summed E-state index contributed by atoms with van der Waals surface area (Å²) < 4.78 is 1.65. The van der Waals surface area contributed by atoms with E-state index in [2.05, 4.69) is 5.32 Å². The number of hydrogen-bond donors (Lipinski definition) is 2. The van der Waals surface area contributed by atoms with Crippen LogP contribution in [0.5, 0.6) is 5.75 Å². The van der Waals surface area contributed by atoms with E-state index in [1.807, 2.05) is 6.92 Å². The molecule has 8 heteroatoms. The Bertz CT molecular complexity index is 711. The highest BCUT2D eigenvalue weighted by Crippen LogP contribution is 2.28. The van der Waals surface area contributed by atoms with Crippen molar-refractivity contribution >= 4 is 28.9 Å². The number of hydrogen-bond acceptors (Lipinski definition) is 4. The van der Waals surface area contributed by atoms with Crippen LogP contribution >= 0.6 is 11.6 Å². The van der Waals surface area contributed by atoms with E-state index in [4.69, 9.17) is 11.6 Å². The lowest BCUT2D eigenvalue weighted by atomic mass is 10.2. The van der Waals surface area contributed by atoms with E-state index in [0.29, 0.717) is 17.3 Å². The average molecular weight is 310 g/mol. The summed E-state index contributed by atoms with van der Waals surface area (Å²) in [5.41, 5.74) is 0.163. The number of nitro groups is 1. The number of aryl methyl sites for hydroxylation is 1. The van der Waals surface area contributed by atoms with Gasteiger partial charge < -0.3 is 15.0 Å². The van der Waals surface area contributed by atoms with Gasteiger partial charge >= 0.3 is 0 Å². The van der Waals surface area contributed by atoms with Crippen LogP contribution in [0.1, 0.15) is 17.4 Å². The number of phenolic OH excluding ortho intramolecular Hbond substituents is 1. The molecule has 0 unspecified atom stereocenters. The first-order valence-electron chi connectivity index (χ1n) is 6.06. The number of rotatable bonds is 4. The van der Waals surface area contributed by atoms with Crippen molar-refractivity contribution in [2.24, 2.45) is 0 Å². The van der Waals surface area contributed by atoms with E-state index < -0.39 is 10.8 Å². The Balaban J connectivity index is 2.25. The number of phenols is 1. The van der Waals surface area contributed by atoms with Gasteiger partial charge in [0.25, 0.3) is 11.6 Å². The van der Waals surface area contributed by atoms with Gasteiger partial charge in [-0.2, -0.15) is 0 Å². The summed E-state index contributed by atoms with van der Waals surface area (Å²) in [6.07, 6.45) is 1.62. The van der Waals surface area contributed by atoms with Crippen LogP contribution in [0.15, 0.2) is 30.5 Å². The largest absolute Gasteiger partial charge is 0.506 e. The second-order valence-corrected chi connectivity index (χ2v) is 4.68. The monoisotopic (exact) mass is 309 g/mol. The molecule has 0 atom stereocenters. The molecular weight excluding hydrogens is 298 g/mol. The number of aromatic nitrogens is 1. The lowest BCUT2D eigenvalue weighted by Crippen LogP contribution is -2.16. The molecule has 2 N–H and O–H groups in total. The Kier molecular flexibility index (Phi) is 4.13. The summed E-state index contributed by atoms with van der Waals surface area (Å²) in [5, 5.41) is 23.2. The number of carbonyl (C=O) groups excluding carboxylic acids is 1. The first-order valence-corrected chi connectivity index (χ1v) is 6.44. The van der Waals surface area contributed by atoms with Crippen molar-refractivity contribution in [3.63, 3.8) is 0 Å². The zero-order valence-electron chi connectivity index (χ0n) is 11.0. The number of nitrogens with one attached hydrogen (secondary N) is 1. The Labute approximate surface area is 124 Å². The van der Waals surface area contributed by atoms with Crippen molar-refractivity contribution < 1.29 is 14.8 Å². The molecule has 1 aromatic heterocycles. The van der Waals surface area contributed by atoms with Gasteiger partial charge in [-0.25, -0.2) is 0 Å². The van der Waals surface area contributed by atoms with Crippen molar-refractivity contribution in [2.75, 3.05) is 5.32 Å². The second kappa shape index (κ2) is 5.84. The van der Waals surface area contributed by atoms with Gasteiger partial charge in [0, 0.05) is 18.8 Å². The molecule has 2 aromatic rings. The Morgan fingerprint density at radius 3 is 2.76 bits per heavy atom. The molecule has 1 aromatic carbocycles. The van der Waals surface area contributed by atoms with Crippen LogP contribution in [-0.4, -0.2) is 20.5 Å². The van der Waals surface area contributed by atoms with Crippen molar-refractivity contribution in [2.45, 2.75) is 13.5 Å². The van der Waals surface area contributed by atoms with Crippen molar-refractivity contribution in [1.29, 1.82) is 0 Å². The maximum Gasteiger partial charge on any atom is 0.273 e. The smallest absolute Gasteiger partial charge is 0.273 e. The molecule has 0 spiro atoms. The van der Waals surface area contributed by atoms with Crippen LogP contribution in [-0.2, 0) is 6.54 Å². The van der Waals surface area contributed by atoms with E-state index in [-0.39, 0.29) is 17.1 Å². The molecule has 0 saturated carbocycles. The molecular formula is C13H12ClN3O4. The van der Waals surface area contributed by atoms with Gasteiger partial charge in [0.1, 0.15) is 11.4 Å². The highest BCUT2D eigenvalue weighted by Gasteiger charge is 2.16. The highest BCUT2D eigenvalue weighted by atomic mass is 35.5. The van der Waals surface area contributed by atoms with Gasteiger partial charge in [0.15, 0.2) is 0 Å². The summed E-state index contributed by atoms with van der Waals surface area (Å²) in [5.74, 6) is -0.842. The van der Waals surface area contributed by atoms with E-state index in [1.165, 1.54) is 18.2 Å². The molecule has 21 heavy (non-hydrogen) atoms. The quantitative estimate of drug-likeness (QED) is 0.515. The Hall–Kier alpha value is -2.54. The number of nitro benzene ring substituents is 1. The van der Waals surface area contributed by atoms with Crippen molar-refractivity contribution in [3.05, 3.63) is 51.3 Å². The third-order valence-electron chi connectivity index (χ3n) is 2.88. The molecule has 0 aliphatic rings. The lowest BCUT2D eigenvalue weighted by molar-refractivity contribution is -0.384. The molecule has 0 fully saturated rings. The third kappa shape index (κ3) is 3.14. The zero-order valence-corrected chi connectivity index (χ0v) is 11.8. The molecule has 0 aliphatic heterocycles. The van der Waals surface area contributed by atoms with Crippen LogP contribution in [0.2, 0.25) is 5.02 Å². The zero-order chi connectivity index (χ0) is 15.6. The molecule has 2 rings (SSSR count). The van der Waals surface area contributed by atoms with E-state index in [0.717, 1.165) is 6.07 Å². The molecule has 0 radical (unpaired) electrons. The molecule has 0 bridgehead atoms. The average Bonchev–Trinajstić information content (AvgIpc) is 2.82. The number of halogens is 1. The van der Waals surface area contributed by atoms with Crippen molar-refractivity contribution in [3.8, 4) is 5.75 Å². The van der Waals surface area contributed by atoms with Crippen molar-refractivity contribution in [1.82, 2.24) is 4.57 Å². The first-order chi connectivity index (χ1) is 9.92. The lowest BCUT2D eigenvalue weighted by Gasteiger charge is -2.09. The molecule has 0 saturated heterocycles. The maximum absolute atomic E-state index is 12.1. The Morgan fingerprint density at radius 2 is 2.19 bits per heavy atom. The van der Waals surface area contributed by atoms with Gasteiger partial charge in [0.05, 0.1) is 21.7 Å². The standard InChI is InChI=1S/C13H12ClN3O4/c1-2-16-7-8(14)5-11(16)13(19)15-10-4-3-9(17(20)21)6-12(10)18/h3-7,18H,2H2,1H3,(H,15,19). The number of aromatic hydroxyl groups is 1. The van der Waals surface area contributed by atoms with Gasteiger partial charge in [0.2, 0.25) is 0 Å². The van der Waals surface area contributed by atoms with Crippen LogP contribution in [0.4, 0.5) is 11.4 Å². The minimum atomic E-state index is -0.632. The molecule has 1 amide bonds. The first kappa shape index (κ1) is 14.9. The fraction of sp³-hybridized carbons (Fsp3) is 0.154. The fourth-order valence-corrected chi connectivity index (χ4v) is 2.07. The SMILES string of the molecule is CCn1cc(Cl)cc1C(=O)Nc1ccc([N+](=O)[O-])cc1O. The molecule has 1 heterocycles. The summed E-state index contributed by atoms with van der Waals surface area (Å²) >= 11 is 5.85. The highest BCUT2D eigenvalue weighted by molar-refractivity contribution is 6.31. The van der Waals surface area contributed by atoms with Gasteiger partial charge in [-0.15, -0.1) is 0 Å². The summed E-state index contributed by atoms with van der Waals surface area (Å²) in [4.78, 5) is 22.1. The third-order valence-corrected chi connectivity index (χ3v) is 3.08. The predicted octanol–water partition coefficient (Wildman–Crippen LogP) is 3.03. The van der Waals surface area contributed by atoms with Crippen LogP contribution < -0.4 is 5.32 Å². The van der Waals surface area contributed by atoms with Crippen LogP contribution in [0.25, 0.3) is 0 Å². The number of anilines is 1. The topological polar surface area (TPSA) is 97.4 Å². The van der Waals surface area contributed by atoms with E-state index in [1.54, 1.807) is 10.8 Å². The predicted molar refractivity (Wildman–Crippen MR) is 77.8 cm³/mol. The minimum absolute atomic E-state index is 0.0885. The van der Waals surface area contributed by atoms with Crippen LogP contribution in [0.3, 0.4) is 0 Å². The van der Waals surface area contributed by atoms with Gasteiger partial charge in [-0.05, 0) is 19.1 Å². The Morgan fingerprint density at radius 1 is 1.48 bits per heavy atom. The summed E-state index contributed by atoms with van der Waals surface area (Å²) in [6.45, 7) is 2.41. The molecule has 110 valence electrons. The number of nitrogens with zero attached hydrogens (tertiary/aromatic N) is 2. The maximum atomic E-state index is 12.1. The van der Waals surface area contributed by atoms with Crippen LogP contribution in [0, 0.1) is 10.1 Å². The number of carbonyl (C=O) groups is 1. The van der Waals surface area contributed by atoms with E-state index in [9.17, 15) is 20.0 Å². The fourth-order valence-electron chi connectivity index (χ4n) is 1.85. The number of benzene rings is 1. The van der Waals surface area contributed by atoms with E-state index >= 15 is 0 Å². The number of non-ortho nitro benzene ring substituents is 1. The van der Waals surface area contributed by atoms with Gasteiger partial charge in [-0.3, -0.25) is 14.9 Å². The molecule has 7 nitrogen and oxygen atoms in total.